The van der Waals surface area contributed by atoms with E-state index in [1.54, 1.807) is 0 Å². The van der Waals surface area contributed by atoms with E-state index in [0.29, 0.717) is 0 Å². The first kappa shape index (κ1) is 22.2. The van der Waals surface area contributed by atoms with Gasteiger partial charge in [0, 0.05) is 52.0 Å². The first-order valence-corrected chi connectivity index (χ1v) is 15.0. The average Bonchev–Trinajstić information content (AvgIpc) is 3.59. The molecule has 186 valence electrons. The molecule has 0 aliphatic carbocycles. The molecule has 0 amide bonds. The molecule has 0 radical (unpaired) electrons. The van der Waals surface area contributed by atoms with Crippen LogP contribution in [0.3, 0.4) is 0 Å². The molecule has 0 saturated heterocycles. The minimum Gasteiger partial charge on any atom is -0.245 e. The van der Waals surface area contributed by atoms with Crippen molar-refractivity contribution < 1.29 is 0 Å². The smallest absolute Gasteiger partial charge is 0.0973 e. The van der Waals surface area contributed by atoms with Crippen molar-refractivity contribution in [1.82, 2.24) is 9.97 Å². The van der Waals surface area contributed by atoms with Crippen LogP contribution in [0.4, 0.5) is 0 Å². The molecule has 0 atom stereocenters. The molecule has 9 aromatic rings. The highest BCUT2D eigenvalue weighted by Crippen LogP contribution is 2.44. The number of pyridine rings is 2. The predicted octanol–water partition coefficient (Wildman–Crippen LogP) is 10.9. The fraction of sp³-hybridized carbons (Fsp3) is 0. The summed E-state index contributed by atoms with van der Waals surface area (Å²) in [5.74, 6) is 0. The molecule has 2 nitrogen and oxygen atoms in total. The van der Waals surface area contributed by atoms with Crippen LogP contribution in [0.2, 0.25) is 0 Å². The van der Waals surface area contributed by atoms with Crippen LogP contribution in [-0.4, -0.2) is 9.97 Å². The van der Waals surface area contributed by atoms with Gasteiger partial charge in [-0.25, -0.2) is 9.97 Å². The van der Waals surface area contributed by atoms with E-state index in [4.69, 9.17) is 9.97 Å². The molecule has 0 spiro atoms. The second-order valence-corrected chi connectivity index (χ2v) is 12.3. The summed E-state index contributed by atoms with van der Waals surface area (Å²) in [6, 6.07) is 43.2. The van der Waals surface area contributed by atoms with Gasteiger partial charge < -0.3 is 0 Å². The molecule has 4 aromatic heterocycles. The van der Waals surface area contributed by atoms with E-state index in [0.717, 1.165) is 33.5 Å². The Hall–Kier alpha value is -4.64. The number of hydrogen-bond donors (Lipinski definition) is 0. The lowest BCUT2D eigenvalue weighted by Crippen LogP contribution is -1.94. The molecule has 40 heavy (non-hydrogen) atoms. The number of aromatic nitrogens is 2. The van der Waals surface area contributed by atoms with E-state index < -0.39 is 0 Å². The third-order valence-electron chi connectivity index (χ3n) is 7.87. The summed E-state index contributed by atoms with van der Waals surface area (Å²) in [5, 5.41) is 8.54. The number of hydrogen-bond acceptors (Lipinski definition) is 4. The van der Waals surface area contributed by atoms with Gasteiger partial charge in [0.05, 0.1) is 27.3 Å². The largest absolute Gasteiger partial charge is 0.245 e. The van der Waals surface area contributed by atoms with Crippen molar-refractivity contribution in [2.45, 2.75) is 0 Å². The Kier molecular flexibility index (Phi) is 4.68. The maximum Gasteiger partial charge on any atom is 0.0973 e. The Balaban J connectivity index is 1.43. The first-order chi connectivity index (χ1) is 19.8. The lowest BCUT2D eigenvalue weighted by atomic mass is 9.99. The monoisotopic (exact) mass is 544 g/mol. The first-order valence-electron chi connectivity index (χ1n) is 13.3. The van der Waals surface area contributed by atoms with Crippen molar-refractivity contribution in [3.05, 3.63) is 121 Å². The second-order valence-electron chi connectivity index (χ2n) is 10.1. The number of rotatable bonds is 2. The zero-order chi connectivity index (χ0) is 26.2. The van der Waals surface area contributed by atoms with Crippen molar-refractivity contribution >= 4 is 84.7 Å². The topological polar surface area (TPSA) is 25.8 Å². The summed E-state index contributed by atoms with van der Waals surface area (Å²) in [7, 11) is 0. The highest BCUT2D eigenvalue weighted by Gasteiger charge is 2.19. The van der Waals surface area contributed by atoms with Gasteiger partial charge in [-0.2, -0.15) is 0 Å². The molecule has 0 N–H and O–H groups in total. The summed E-state index contributed by atoms with van der Waals surface area (Å²) in [6.45, 7) is 0. The van der Waals surface area contributed by atoms with Crippen LogP contribution in [0.1, 0.15) is 0 Å². The third-order valence-corrected chi connectivity index (χ3v) is 10.2. The van der Waals surface area contributed by atoms with E-state index in [1.807, 2.05) is 22.7 Å². The fourth-order valence-electron chi connectivity index (χ4n) is 6.06. The van der Waals surface area contributed by atoms with Gasteiger partial charge in [-0.1, -0.05) is 103 Å². The van der Waals surface area contributed by atoms with E-state index in [9.17, 15) is 0 Å². The normalized spacial score (nSPS) is 12.0. The predicted molar refractivity (Wildman–Crippen MR) is 174 cm³/mol. The second kappa shape index (κ2) is 8.43. The van der Waals surface area contributed by atoms with Gasteiger partial charge in [0.25, 0.3) is 0 Å². The van der Waals surface area contributed by atoms with E-state index in [2.05, 4.69) is 121 Å². The van der Waals surface area contributed by atoms with Crippen molar-refractivity contribution in [1.29, 1.82) is 0 Å². The van der Waals surface area contributed by atoms with Crippen LogP contribution < -0.4 is 0 Å². The number of benzene rings is 5. The summed E-state index contributed by atoms with van der Waals surface area (Å²) < 4.78 is 5.03. The average molecular weight is 545 g/mol. The van der Waals surface area contributed by atoms with Gasteiger partial charge in [0.1, 0.15) is 0 Å². The molecule has 0 aliphatic rings. The van der Waals surface area contributed by atoms with Gasteiger partial charge in [0.2, 0.25) is 0 Å². The van der Waals surface area contributed by atoms with Crippen molar-refractivity contribution in [2.75, 3.05) is 0 Å². The Morgan fingerprint density at radius 1 is 0.425 bits per heavy atom. The van der Waals surface area contributed by atoms with Crippen molar-refractivity contribution in [2.24, 2.45) is 0 Å². The van der Waals surface area contributed by atoms with Crippen molar-refractivity contribution in [3.8, 4) is 22.6 Å². The van der Waals surface area contributed by atoms with Crippen LogP contribution in [0.15, 0.2) is 121 Å². The molecular formula is C36H20N2S2. The Bertz CT molecular complexity index is 2430. The molecule has 5 aromatic carbocycles. The highest BCUT2D eigenvalue weighted by molar-refractivity contribution is 7.26. The summed E-state index contributed by atoms with van der Waals surface area (Å²) in [5.41, 5.74) is 5.03. The van der Waals surface area contributed by atoms with Crippen LogP contribution in [0.5, 0.6) is 0 Å². The SMILES string of the molecule is c1ccc(-c2nc(-c3nc4c(ccc5c6ccccc6sc54)c4ccccc34)cc3sc4ccccc4c23)cc1. The lowest BCUT2D eigenvalue weighted by molar-refractivity contribution is 1.32. The molecule has 0 fully saturated rings. The highest BCUT2D eigenvalue weighted by atomic mass is 32.1. The summed E-state index contributed by atoms with van der Waals surface area (Å²) in [6.07, 6.45) is 0. The maximum absolute atomic E-state index is 5.45. The van der Waals surface area contributed by atoms with Crippen LogP contribution in [0.25, 0.3) is 84.7 Å². The lowest BCUT2D eigenvalue weighted by Gasteiger charge is -2.12. The standard InChI is InChI=1S/C36H20N2S2/c1-2-10-21(11-3-1)33-32-27-15-7-9-17-30(27)39-31(32)20-28(37-33)34-24-14-5-4-12-22(24)25-18-19-26-23-13-6-8-16-29(23)40-36(26)35(25)38-34/h1-20H. The molecule has 0 bridgehead atoms. The quantitative estimate of drug-likeness (QED) is 0.202. The summed E-state index contributed by atoms with van der Waals surface area (Å²) >= 11 is 3.66. The van der Waals surface area contributed by atoms with Gasteiger partial charge >= 0.3 is 0 Å². The third kappa shape index (κ3) is 3.15. The summed E-state index contributed by atoms with van der Waals surface area (Å²) in [4.78, 5) is 10.8. The van der Waals surface area contributed by atoms with Gasteiger partial charge in [-0.05, 0) is 23.6 Å². The Labute approximate surface area is 237 Å². The van der Waals surface area contributed by atoms with Crippen LogP contribution in [-0.2, 0) is 0 Å². The molecular weight excluding hydrogens is 525 g/mol. The fourth-order valence-corrected chi connectivity index (χ4v) is 8.40. The van der Waals surface area contributed by atoms with E-state index in [-0.39, 0.29) is 0 Å². The molecule has 0 aliphatic heterocycles. The minimum atomic E-state index is 0.911. The zero-order valence-electron chi connectivity index (χ0n) is 21.3. The van der Waals surface area contributed by atoms with E-state index in [1.165, 1.54) is 51.1 Å². The molecule has 4 heterocycles. The number of fused-ring (bicyclic) bond motifs is 10. The van der Waals surface area contributed by atoms with Gasteiger partial charge in [-0.3, -0.25) is 0 Å². The Morgan fingerprint density at radius 3 is 1.90 bits per heavy atom. The zero-order valence-corrected chi connectivity index (χ0v) is 22.9. The minimum absolute atomic E-state index is 0.911. The van der Waals surface area contributed by atoms with Crippen molar-refractivity contribution in [3.63, 3.8) is 0 Å². The molecule has 0 saturated carbocycles. The van der Waals surface area contributed by atoms with Gasteiger partial charge in [-0.15, -0.1) is 22.7 Å². The molecule has 0 unspecified atom stereocenters. The molecule has 4 heteroatoms. The number of nitrogens with zero attached hydrogens (tertiary/aromatic N) is 2. The molecule has 9 rings (SSSR count). The van der Waals surface area contributed by atoms with Gasteiger partial charge in [0.15, 0.2) is 0 Å². The number of thiophene rings is 2. The van der Waals surface area contributed by atoms with E-state index >= 15 is 0 Å². The Morgan fingerprint density at radius 2 is 1.07 bits per heavy atom. The van der Waals surface area contributed by atoms with Crippen LogP contribution >= 0.6 is 22.7 Å². The van der Waals surface area contributed by atoms with Crippen LogP contribution in [0, 0.1) is 0 Å². The maximum atomic E-state index is 5.45.